The highest BCUT2D eigenvalue weighted by Gasteiger charge is 2.51. The van der Waals surface area contributed by atoms with Crippen LogP contribution in [0, 0.1) is 0 Å². The summed E-state index contributed by atoms with van der Waals surface area (Å²) < 4.78 is 33.4. The van der Waals surface area contributed by atoms with Crippen molar-refractivity contribution in [2.75, 3.05) is 13.2 Å². The minimum absolute atomic E-state index is 0.0651. The number of ether oxygens (including phenoxy) is 2. The zero-order chi connectivity index (χ0) is 45.0. The van der Waals surface area contributed by atoms with Crippen LogP contribution in [0.3, 0.4) is 0 Å². The maximum atomic E-state index is 12.8. The summed E-state index contributed by atoms with van der Waals surface area (Å²) in [5.41, 5.74) is 0. The number of aliphatic hydroxyl groups excluding tert-OH is 5. The number of unbranched alkanes of at least 4 members (excludes halogenated alkanes) is 12. The van der Waals surface area contributed by atoms with Crippen LogP contribution in [0.4, 0.5) is 0 Å². The van der Waals surface area contributed by atoms with E-state index in [1.165, 1.54) is 38.5 Å². The lowest BCUT2D eigenvalue weighted by Gasteiger charge is -2.41. The molecule has 0 aromatic carbocycles. The molecule has 14 heteroatoms. The fourth-order valence-corrected chi connectivity index (χ4v) is 7.34. The van der Waals surface area contributed by atoms with Gasteiger partial charge in [0.1, 0.15) is 43.2 Å². The van der Waals surface area contributed by atoms with Crippen molar-refractivity contribution in [3.05, 3.63) is 72.9 Å². The van der Waals surface area contributed by atoms with Crippen molar-refractivity contribution >= 4 is 19.8 Å². The number of aliphatic hydroxyl groups is 5. The van der Waals surface area contributed by atoms with Gasteiger partial charge in [-0.15, -0.1) is 0 Å². The van der Waals surface area contributed by atoms with Gasteiger partial charge < -0.3 is 39.9 Å². The third-order valence-electron chi connectivity index (χ3n) is 10.0. The van der Waals surface area contributed by atoms with Crippen molar-refractivity contribution < 1.29 is 63.1 Å². The molecule has 1 saturated carbocycles. The Hall–Kier alpha value is -2.71. The third kappa shape index (κ3) is 29.3. The molecule has 0 aromatic rings. The van der Waals surface area contributed by atoms with E-state index in [9.17, 15) is 44.6 Å². The Labute approximate surface area is 365 Å². The zero-order valence-electron chi connectivity index (χ0n) is 36.9. The van der Waals surface area contributed by atoms with Crippen LogP contribution in [0.25, 0.3) is 0 Å². The lowest BCUT2D eigenvalue weighted by atomic mass is 9.85. The van der Waals surface area contributed by atoms with E-state index in [0.29, 0.717) is 12.8 Å². The van der Waals surface area contributed by atoms with E-state index in [2.05, 4.69) is 86.8 Å². The van der Waals surface area contributed by atoms with E-state index in [-0.39, 0.29) is 12.8 Å². The smallest absolute Gasteiger partial charge is 0.462 e. The minimum atomic E-state index is -5.13. The molecule has 6 unspecified atom stereocenters. The van der Waals surface area contributed by atoms with Crippen LogP contribution in [0.5, 0.6) is 0 Å². The fourth-order valence-electron chi connectivity index (χ4n) is 6.37. The van der Waals surface area contributed by atoms with Crippen LogP contribution >= 0.6 is 7.82 Å². The van der Waals surface area contributed by atoms with Gasteiger partial charge in [-0.3, -0.25) is 18.6 Å². The Morgan fingerprint density at radius 2 is 0.934 bits per heavy atom. The molecule has 0 amide bonds. The molecule has 0 heterocycles. The number of hydrogen-bond acceptors (Lipinski definition) is 12. The molecule has 1 aliphatic rings. The monoisotopic (exact) mass is 883 g/mol. The maximum Gasteiger partial charge on any atom is 0.472 e. The Morgan fingerprint density at radius 3 is 1.44 bits per heavy atom. The highest BCUT2D eigenvalue weighted by molar-refractivity contribution is 7.47. The second kappa shape index (κ2) is 36.7. The molecule has 1 aliphatic carbocycles. The quantitative estimate of drug-likeness (QED) is 0.0151. The molecule has 1 fully saturated rings. The summed E-state index contributed by atoms with van der Waals surface area (Å²) in [5, 5.41) is 50.1. The predicted octanol–water partition coefficient (Wildman–Crippen LogP) is 8.72. The van der Waals surface area contributed by atoms with E-state index in [1.54, 1.807) is 0 Å². The van der Waals surface area contributed by atoms with Gasteiger partial charge in [0.05, 0.1) is 6.61 Å². The first-order valence-corrected chi connectivity index (χ1v) is 24.2. The molecule has 0 aliphatic heterocycles. The van der Waals surface area contributed by atoms with Crippen molar-refractivity contribution in [2.24, 2.45) is 0 Å². The molecule has 0 radical (unpaired) electrons. The molecular formula is C47H79O13P. The number of allylic oxidation sites excluding steroid dienone is 12. The van der Waals surface area contributed by atoms with E-state index < -0.39 is 75.7 Å². The molecule has 8 atom stereocenters. The highest BCUT2D eigenvalue weighted by Crippen LogP contribution is 2.47. The molecule has 61 heavy (non-hydrogen) atoms. The standard InChI is InChI=1S/C47H79O13P/c1-3-5-7-9-11-13-15-17-18-19-20-21-22-24-25-27-29-31-33-35-40(48)57-37-39(38-58-61(55,56)60-47-45(53)43(51)42(50)44(52)46(47)54)59-41(49)36-34-32-30-28-26-23-16-14-12-10-8-6-4-2/h5,7,11,13,17-18,20-21,23-26,39,42-47,50-54H,3-4,6,8-10,12,14-16,19,22,27-38H2,1-2H3,(H,55,56)/b7-5+,13-11+,18-17+,21-20+,25-24+,26-23+/t39-,42?,43-,44?,45?,46?,47?/m0/s1. The molecule has 0 spiro atoms. The average molecular weight is 883 g/mol. The van der Waals surface area contributed by atoms with Crippen LogP contribution in [-0.2, 0) is 32.7 Å². The number of rotatable bonds is 36. The number of esters is 2. The fraction of sp³-hybridized carbons (Fsp3) is 0.702. The van der Waals surface area contributed by atoms with Gasteiger partial charge in [-0.2, -0.15) is 0 Å². The van der Waals surface area contributed by atoms with E-state index in [4.69, 9.17) is 18.5 Å². The summed E-state index contributed by atoms with van der Waals surface area (Å²) >= 11 is 0. The van der Waals surface area contributed by atoms with Gasteiger partial charge in [0.2, 0.25) is 0 Å². The number of carbonyl (C=O) groups is 2. The average Bonchev–Trinajstić information content (AvgIpc) is 3.24. The van der Waals surface area contributed by atoms with Gasteiger partial charge in [0, 0.05) is 12.8 Å². The van der Waals surface area contributed by atoms with Gasteiger partial charge in [-0.05, 0) is 83.5 Å². The molecule has 6 N–H and O–H groups in total. The van der Waals surface area contributed by atoms with Crippen LogP contribution < -0.4 is 0 Å². The summed E-state index contributed by atoms with van der Waals surface area (Å²) in [6.07, 6.45) is 32.5. The number of phosphoric ester groups is 1. The summed E-state index contributed by atoms with van der Waals surface area (Å²) in [5.74, 6) is -1.16. The van der Waals surface area contributed by atoms with Crippen molar-refractivity contribution in [1.29, 1.82) is 0 Å². The summed E-state index contributed by atoms with van der Waals surface area (Å²) in [4.78, 5) is 35.6. The van der Waals surface area contributed by atoms with Crippen molar-refractivity contribution in [2.45, 2.75) is 198 Å². The lowest BCUT2D eigenvalue weighted by molar-refractivity contribution is -0.220. The first kappa shape index (κ1) is 56.3. The molecule has 1 rings (SSSR count). The number of hydrogen-bond donors (Lipinski definition) is 6. The van der Waals surface area contributed by atoms with E-state index in [1.807, 2.05) is 0 Å². The maximum absolute atomic E-state index is 12.8. The van der Waals surface area contributed by atoms with Crippen LogP contribution in [0.1, 0.15) is 155 Å². The Balaban J connectivity index is 2.50. The summed E-state index contributed by atoms with van der Waals surface area (Å²) in [6, 6.07) is 0. The van der Waals surface area contributed by atoms with E-state index in [0.717, 1.165) is 77.0 Å². The van der Waals surface area contributed by atoms with Gasteiger partial charge in [-0.25, -0.2) is 4.57 Å². The Morgan fingerprint density at radius 1 is 0.525 bits per heavy atom. The molecule has 0 bridgehead atoms. The van der Waals surface area contributed by atoms with Gasteiger partial charge in [-0.1, -0.05) is 132 Å². The summed E-state index contributed by atoms with van der Waals surface area (Å²) in [7, 11) is -5.13. The normalized spacial score (nSPS) is 22.7. The SMILES string of the molecule is CC/C=C/C/C=C/C/C=C/C/C=C/C/C=C/CCCCCC(=O)OC[C@@H](COP(=O)(O)OC1C(O)C(O)C(O)[C@H](O)C1O)OC(=O)CCCCC/C=C/CCCCCCCC. The zero-order valence-corrected chi connectivity index (χ0v) is 37.8. The second-order valence-electron chi connectivity index (χ2n) is 15.5. The third-order valence-corrected chi connectivity index (χ3v) is 11.0. The number of phosphoric acid groups is 1. The molecular weight excluding hydrogens is 803 g/mol. The van der Waals surface area contributed by atoms with Gasteiger partial charge in [0.15, 0.2) is 6.10 Å². The highest BCUT2D eigenvalue weighted by atomic mass is 31.2. The predicted molar refractivity (Wildman–Crippen MR) is 239 cm³/mol. The molecule has 0 saturated heterocycles. The Bertz CT molecular complexity index is 1340. The van der Waals surface area contributed by atoms with Crippen molar-refractivity contribution in [3.63, 3.8) is 0 Å². The first-order chi connectivity index (χ1) is 29.4. The lowest BCUT2D eigenvalue weighted by Crippen LogP contribution is -2.64. The number of carbonyl (C=O) groups excluding carboxylic acids is 2. The first-order valence-electron chi connectivity index (χ1n) is 22.7. The summed E-state index contributed by atoms with van der Waals surface area (Å²) in [6.45, 7) is 3.12. The molecule has 0 aromatic heterocycles. The molecule has 13 nitrogen and oxygen atoms in total. The van der Waals surface area contributed by atoms with Crippen LogP contribution in [0.2, 0.25) is 0 Å². The molecule has 350 valence electrons. The largest absolute Gasteiger partial charge is 0.472 e. The van der Waals surface area contributed by atoms with Crippen LogP contribution in [0.15, 0.2) is 72.9 Å². The van der Waals surface area contributed by atoms with Crippen molar-refractivity contribution in [3.8, 4) is 0 Å². The van der Waals surface area contributed by atoms with Gasteiger partial charge in [0.25, 0.3) is 0 Å². The van der Waals surface area contributed by atoms with Crippen LogP contribution in [-0.4, -0.2) is 98.3 Å². The minimum Gasteiger partial charge on any atom is -0.462 e. The second-order valence-corrected chi connectivity index (χ2v) is 16.9. The van der Waals surface area contributed by atoms with Gasteiger partial charge >= 0.3 is 19.8 Å². The van der Waals surface area contributed by atoms with Crippen molar-refractivity contribution in [1.82, 2.24) is 0 Å². The topological polar surface area (TPSA) is 210 Å². The Kier molecular flexibility index (Phi) is 33.9. The van der Waals surface area contributed by atoms with E-state index >= 15 is 0 Å².